The Bertz CT molecular complexity index is 459. The molecule has 0 radical (unpaired) electrons. The minimum absolute atomic E-state index is 0.000632. The quantitative estimate of drug-likeness (QED) is 0.804. The van der Waals surface area contributed by atoms with Crippen LogP contribution >= 0.6 is 0 Å². The molecule has 2 aliphatic heterocycles. The molecule has 2 fully saturated rings. The number of hydrogen-bond acceptors (Lipinski definition) is 3. The molecule has 0 aromatic rings. The van der Waals surface area contributed by atoms with Gasteiger partial charge in [0.1, 0.15) is 6.04 Å². The van der Waals surface area contributed by atoms with E-state index in [2.05, 4.69) is 39.2 Å². The lowest BCUT2D eigenvalue weighted by Gasteiger charge is -2.43. The zero-order valence-corrected chi connectivity index (χ0v) is 16.3. The molecule has 2 atom stereocenters. The Morgan fingerprint density at radius 3 is 2.57 bits per heavy atom. The molecule has 0 aliphatic carbocycles. The molecule has 2 rings (SSSR count). The van der Waals surface area contributed by atoms with E-state index in [0.29, 0.717) is 13.0 Å². The second-order valence-corrected chi connectivity index (χ2v) is 13.2. The fourth-order valence-electron chi connectivity index (χ4n) is 3.04. The van der Waals surface area contributed by atoms with Gasteiger partial charge in [0.15, 0.2) is 8.32 Å². The van der Waals surface area contributed by atoms with Gasteiger partial charge in [-0.1, -0.05) is 20.8 Å². The third-order valence-electron chi connectivity index (χ3n) is 5.49. The number of likely N-dealkylation sites (tertiary alicyclic amines) is 1. The van der Waals surface area contributed by atoms with Crippen molar-refractivity contribution >= 4 is 20.1 Å². The summed E-state index contributed by atoms with van der Waals surface area (Å²) in [5.74, 6) is 0.0715. The molecule has 2 heterocycles. The van der Waals surface area contributed by atoms with Crippen molar-refractivity contribution in [3.63, 3.8) is 0 Å². The molecule has 0 saturated carbocycles. The van der Waals surface area contributed by atoms with Gasteiger partial charge in [-0.3, -0.25) is 9.59 Å². The van der Waals surface area contributed by atoms with Crippen molar-refractivity contribution < 1.29 is 14.0 Å². The van der Waals surface area contributed by atoms with E-state index in [0.717, 1.165) is 32.2 Å². The van der Waals surface area contributed by atoms with Gasteiger partial charge >= 0.3 is 0 Å². The average Bonchev–Trinajstić information content (AvgIpc) is 2.45. The lowest BCUT2D eigenvalue weighted by Crippen LogP contribution is -2.55. The molecule has 5 nitrogen and oxygen atoms in total. The van der Waals surface area contributed by atoms with Crippen LogP contribution in [0.1, 0.15) is 52.9 Å². The van der Waals surface area contributed by atoms with E-state index < -0.39 is 8.32 Å². The lowest BCUT2D eigenvalue weighted by atomic mass is 10.0. The molecule has 132 valence electrons. The molecular weight excluding hydrogens is 308 g/mol. The molecule has 2 amide bonds. The molecule has 0 bridgehead atoms. The Balaban J connectivity index is 1.95. The fourth-order valence-corrected chi connectivity index (χ4v) is 4.42. The fraction of sp³-hybridized carbons (Fsp3) is 0.882. The van der Waals surface area contributed by atoms with Crippen LogP contribution in [0.15, 0.2) is 0 Å². The van der Waals surface area contributed by atoms with Crippen molar-refractivity contribution in [3.8, 4) is 0 Å². The number of nitrogens with zero attached hydrogens (tertiary/aromatic N) is 1. The minimum atomic E-state index is -1.81. The van der Waals surface area contributed by atoms with Crippen molar-refractivity contribution in [2.75, 3.05) is 13.1 Å². The van der Waals surface area contributed by atoms with Crippen molar-refractivity contribution in [1.82, 2.24) is 10.2 Å². The predicted molar refractivity (Wildman–Crippen MR) is 93.7 cm³/mol. The highest BCUT2D eigenvalue weighted by atomic mass is 28.4. The van der Waals surface area contributed by atoms with Gasteiger partial charge in [0.25, 0.3) is 0 Å². The molecule has 23 heavy (non-hydrogen) atoms. The van der Waals surface area contributed by atoms with Crippen LogP contribution in [0, 0.1) is 0 Å². The molecule has 6 heteroatoms. The number of rotatable bonds is 3. The number of nitrogens with one attached hydrogen (secondary N) is 1. The van der Waals surface area contributed by atoms with E-state index in [1.165, 1.54) is 0 Å². The van der Waals surface area contributed by atoms with Gasteiger partial charge in [-0.25, -0.2) is 0 Å². The van der Waals surface area contributed by atoms with Crippen LogP contribution < -0.4 is 5.32 Å². The number of carbonyl (C=O) groups excluding carboxylic acids is 2. The number of hydrogen-bond donors (Lipinski definition) is 1. The smallest absolute Gasteiger partial charge is 0.245 e. The molecule has 2 unspecified atom stereocenters. The van der Waals surface area contributed by atoms with Gasteiger partial charge < -0.3 is 14.6 Å². The lowest BCUT2D eigenvalue weighted by molar-refractivity contribution is -0.140. The summed E-state index contributed by atoms with van der Waals surface area (Å²) < 4.78 is 6.49. The Hall–Kier alpha value is -0.883. The van der Waals surface area contributed by atoms with Crippen molar-refractivity contribution in [1.29, 1.82) is 0 Å². The van der Waals surface area contributed by atoms with E-state index in [1.54, 1.807) is 0 Å². The van der Waals surface area contributed by atoms with Crippen LogP contribution in [0.3, 0.4) is 0 Å². The number of piperidine rings is 2. The van der Waals surface area contributed by atoms with Crippen molar-refractivity contribution in [2.24, 2.45) is 0 Å². The maximum absolute atomic E-state index is 12.7. The maximum atomic E-state index is 12.7. The van der Waals surface area contributed by atoms with Gasteiger partial charge in [0.05, 0.1) is 6.10 Å². The standard InChI is InChI=1S/C17H32N2O3Si/c1-17(2,3)23(4,5)22-13-8-7-11-19(12-13)16(21)14-9-6-10-15(20)18-14/h13-14H,6-12H2,1-5H3,(H,18,20). The summed E-state index contributed by atoms with van der Waals surface area (Å²) in [4.78, 5) is 26.1. The highest BCUT2D eigenvalue weighted by Crippen LogP contribution is 2.38. The monoisotopic (exact) mass is 340 g/mol. The highest BCUT2D eigenvalue weighted by Gasteiger charge is 2.40. The van der Waals surface area contributed by atoms with Crippen LogP contribution in [-0.2, 0) is 14.0 Å². The summed E-state index contributed by atoms with van der Waals surface area (Å²) in [7, 11) is -1.81. The second kappa shape index (κ2) is 6.93. The SMILES string of the molecule is CC(C)(C)[Si](C)(C)OC1CCCN(C(=O)C2CCCC(=O)N2)C1. The minimum Gasteiger partial charge on any atom is -0.412 e. The molecule has 0 spiro atoms. The zero-order valence-electron chi connectivity index (χ0n) is 15.3. The van der Waals surface area contributed by atoms with Gasteiger partial charge in [-0.2, -0.15) is 0 Å². The largest absolute Gasteiger partial charge is 0.412 e. The topological polar surface area (TPSA) is 58.6 Å². The first kappa shape index (κ1) is 18.5. The van der Waals surface area contributed by atoms with Crippen LogP contribution in [0.25, 0.3) is 0 Å². The summed E-state index contributed by atoms with van der Waals surface area (Å²) in [6, 6.07) is -0.331. The predicted octanol–water partition coefficient (Wildman–Crippen LogP) is 2.67. The Labute approximate surface area is 141 Å². The summed E-state index contributed by atoms with van der Waals surface area (Å²) in [6.45, 7) is 12.7. The summed E-state index contributed by atoms with van der Waals surface area (Å²) in [5, 5.41) is 3.02. The van der Waals surface area contributed by atoms with Gasteiger partial charge in [0, 0.05) is 19.5 Å². The maximum Gasteiger partial charge on any atom is 0.245 e. The van der Waals surface area contributed by atoms with E-state index in [-0.39, 0.29) is 29.0 Å². The molecule has 2 aliphatic rings. The zero-order chi connectivity index (χ0) is 17.3. The number of carbonyl (C=O) groups is 2. The Morgan fingerprint density at radius 2 is 1.96 bits per heavy atom. The number of amides is 2. The van der Waals surface area contributed by atoms with E-state index >= 15 is 0 Å². The van der Waals surface area contributed by atoms with Crippen molar-refractivity contribution in [2.45, 2.75) is 83.2 Å². The Kier molecular flexibility index (Phi) is 5.56. The van der Waals surface area contributed by atoms with Gasteiger partial charge in [-0.15, -0.1) is 0 Å². The summed E-state index contributed by atoms with van der Waals surface area (Å²) in [5.41, 5.74) is 0. The van der Waals surface area contributed by atoms with Crippen LogP contribution in [-0.4, -0.2) is 50.3 Å². The van der Waals surface area contributed by atoms with E-state index in [1.807, 2.05) is 4.90 Å². The van der Waals surface area contributed by atoms with Crippen LogP contribution in [0.4, 0.5) is 0 Å². The first-order valence-corrected chi connectivity index (χ1v) is 11.8. The molecular formula is C17H32N2O3Si. The van der Waals surface area contributed by atoms with E-state index in [4.69, 9.17) is 4.43 Å². The van der Waals surface area contributed by atoms with Crippen LogP contribution in [0.2, 0.25) is 18.1 Å². The first-order chi connectivity index (χ1) is 10.6. The molecule has 2 saturated heterocycles. The third-order valence-corrected chi connectivity index (χ3v) is 10.0. The molecule has 0 aromatic heterocycles. The van der Waals surface area contributed by atoms with Crippen LogP contribution in [0.5, 0.6) is 0 Å². The third kappa shape index (κ3) is 4.56. The summed E-state index contributed by atoms with van der Waals surface area (Å²) in [6.07, 6.45) is 4.24. The highest BCUT2D eigenvalue weighted by molar-refractivity contribution is 6.74. The molecule has 1 N–H and O–H groups in total. The first-order valence-electron chi connectivity index (χ1n) is 8.86. The van der Waals surface area contributed by atoms with Gasteiger partial charge in [-0.05, 0) is 43.8 Å². The van der Waals surface area contributed by atoms with Gasteiger partial charge in [0.2, 0.25) is 11.8 Å². The van der Waals surface area contributed by atoms with E-state index in [9.17, 15) is 9.59 Å². The average molecular weight is 341 g/mol. The summed E-state index contributed by atoms with van der Waals surface area (Å²) >= 11 is 0. The molecule has 0 aromatic carbocycles. The Morgan fingerprint density at radius 1 is 1.26 bits per heavy atom. The van der Waals surface area contributed by atoms with Crippen molar-refractivity contribution in [3.05, 3.63) is 0 Å². The normalized spacial score (nSPS) is 26.8. The second-order valence-electron chi connectivity index (χ2n) is 8.44.